The lowest BCUT2D eigenvalue weighted by atomic mass is 9.77. The van der Waals surface area contributed by atoms with Gasteiger partial charge in [-0.15, -0.1) is 0 Å². The summed E-state index contributed by atoms with van der Waals surface area (Å²) in [5, 5.41) is 9.30. The molecular formula is C20H29ClFNO2. The molecule has 0 saturated heterocycles. The summed E-state index contributed by atoms with van der Waals surface area (Å²) in [5.74, 6) is 0.165. The topological polar surface area (TPSA) is 40.5 Å². The zero-order valence-electron chi connectivity index (χ0n) is 15.2. The van der Waals surface area contributed by atoms with Crippen LogP contribution in [0.2, 0.25) is 5.02 Å². The zero-order valence-corrected chi connectivity index (χ0v) is 15.9. The number of nitrogens with zero attached hydrogens (tertiary/aromatic N) is 1. The van der Waals surface area contributed by atoms with Gasteiger partial charge in [0.05, 0.1) is 0 Å². The van der Waals surface area contributed by atoms with Gasteiger partial charge < -0.3 is 5.11 Å². The van der Waals surface area contributed by atoms with Crippen molar-refractivity contribution in [1.82, 2.24) is 4.90 Å². The lowest BCUT2D eigenvalue weighted by molar-refractivity contribution is -0.137. The van der Waals surface area contributed by atoms with E-state index >= 15 is 0 Å². The normalized spacial score (nSPS) is 23.8. The molecule has 3 atom stereocenters. The van der Waals surface area contributed by atoms with Crippen LogP contribution in [0.1, 0.15) is 57.9 Å². The molecule has 140 valence electrons. The zero-order chi connectivity index (χ0) is 18.4. The Morgan fingerprint density at radius 1 is 1.32 bits per heavy atom. The highest BCUT2D eigenvalue weighted by molar-refractivity contribution is 6.31. The largest absolute Gasteiger partial charge is 0.481 e. The van der Waals surface area contributed by atoms with Crippen LogP contribution in [-0.4, -0.2) is 28.6 Å². The number of carboxylic acid groups (broad SMARTS) is 1. The van der Waals surface area contributed by atoms with Crippen LogP contribution in [0.15, 0.2) is 18.2 Å². The van der Waals surface area contributed by atoms with E-state index in [1.54, 1.807) is 12.1 Å². The first kappa shape index (κ1) is 20.2. The minimum Gasteiger partial charge on any atom is -0.481 e. The minimum atomic E-state index is -0.761. The molecule has 0 amide bonds. The van der Waals surface area contributed by atoms with Crippen molar-refractivity contribution in [2.75, 3.05) is 6.54 Å². The van der Waals surface area contributed by atoms with Crippen molar-refractivity contribution < 1.29 is 14.3 Å². The summed E-state index contributed by atoms with van der Waals surface area (Å²) in [6.45, 7) is 5.83. The summed E-state index contributed by atoms with van der Waals surface area (Å²) in [4.78, 5) is 13.1. The molecule has 1 aliphatic carbocycles. The molecule has 0 aromatic heterocycles. The molecule has 0 heterocycles. The Balaban J connectivity index is 2.12. The highest BCUT2D eigenvalue weighted by Crippen LogP contribution is 2.34. The second kappa shape index (κ2) is 9.54. The predicted octanol–water partition coefficient (Wildman–Crippen LogP) is 5.36. The Labute approximate surface area is 155 Å². The van der Waals surface area contributed by atoms with Crippen molar-refractivity contribution in [1.29, 1.82) is 0 Å². The number of rotatable bonds is 8. The summed E-state index contributed by atoms with van der Waals surface area (Å²) in [5.41, 5.74) is 0.549. The van der Waals surface area contributed by atoms with Gasteiger partial charge in [-0.05, 0) is 49.8 Å². The summed E-state index contributed by atoms with van der Waals surface area (Å²) in [6.07, 6.45) is 5.17. The van der Waals surface area contributed by atoms with E-state index in [1.807, 2.05) is 0 Å². The summed E-state index contributed by atoms with van der Waals surface area (Å²) in [7, 11) is 0. The molecule has 3 nitrogen and oxygen atoms in total. The lowest BCUT2D eigenvalue weighted by Gasteiger charge is -2.42. The summed E-state index contributed by atoms with van der Waals surface area (Å²) < 4.78 is 14.3. The van der Waals surface area contributed by atoms with Gasteiger partial charge in [0.2, 0.25) is 0 Å². The van der Waals surface area contributed by atoms with Crippen molar-refractivity contribution >= 4 is 17.6 Å². The smallest absolute Gasteiger partial charge is 0.303 e. The standard InChI is InChI=1S/C20H29ClFNO2/c1-14-7-5-10-19(15(14)2)23(12-4-3-11-20(24)25)13-16-17(21)8-6-9-18(16)22/h6,8-9,14-15,19H,3-5,7,10-13H2,1-2H3,(H,24,25). The van der Waals surface area contributed by atoms with Crippen molar-refractivity contribution in [3.8, 4) is 0 Å². The molecule has 1 aliphatic rings. The van der Waals surface area contributed by atoms with Gasteiger partial charge >= 0.3 is 5.97 Å². The van der Waals surface area contributed by atoms with Crippen LogP contribution in [-0.2, 0) is 11.3 Å². The van der Waals surface area contributed by atoms with Crippen molar-refractivity contribution in [2.24, 2.45) is 11.8 Å². The van der Waals surface area contributed by atoms with Crippen LogP contribution in [0, 0.1) is 17.7 Å². The fourth-order valence-electron chi connectivity index (χ4n) is 3.91. The molecule has 1 N–H and O–H groups in total. The summed E-state index contributed by atoms with van der Waals surface area (Å²) in [6, 6.07) is 5.21. The number of hydrogen-bond acceptors (Lipinski definition) is 2. The Morgan fingerprint density at radius 2 is 2.08 bits per heavy atom. The molecule has 25 heavy (non-hydrogen) atoms. The van der Waals surface area contributed by atoms with E-state index in [2.05, 4.69) is 18.7 Å². The highest BCUT2D eigenvalue weighted by Gasteiger charge is 2.32. The lowest BCUT2D eigenvalue weighted by Crippen LogP contribution is -2.44. The molecule has 1 saturated carbocycles. The van der Waals surface area contributed by atoms with Gasteiger partial charge in [0, 0.05) is 29.6 Å². The van der Waals surface area contributed by atoms with Gasteiger partial charge in [0.15, 0.2) is 0 Å². The highest BCUT2D eigenvalue weighted by atomic mass is 35.5. The van der Waals surface area contributed by atoms with Gasteiger partial charge in [-0.25, -0.2) is 4.39 Å². The maximum atomic E-state index is 14.3. The number of unbranched alkanes of at least 4 members (excludes halogenated alkanes) is 1. The second-order valence-corrected chi connectivity index (χ2v) is 7.76. The first-order chi connectivity index (χ1) is 11.9. The molecule has 2 rings (SSSR count). The Hall–Kier alpha value is -1.13. The molecule has 5 heteroatoms. The van der Waals surface area contributed by atoms with E-state index in [9.17, 15) is 9.18 Å². The van der Waals surface area contributed by atoms with E-state index in [-0.39, 0.29) is 12.2 Å². The van der Waals surface area contributed by atoms with Crippen LogP contribution >= 0.6 is 11.6 Å². The molecule has 0 radical (unpaired) electrons. The minimum absolute atomic E-state index is 0.185. The molecule has 1 fully saturated rings. The first-order valence-electron chi connectivity index (χ1n) is 9.29. The van der Waals surface area contributed by atoms with E-state index in [0.29, 0.717) is 41.4 Å². The average molecular weight is 370 g/mol. The van der Waals surface area contributed by atoms with E-state index in [4.69, 9.17) is 16.7 Å². The Kier molecular flexibility index (Phi) is 7.70. The molecule has 1 aromatic rings. The quantitative estimate of drug-likeness (QED) is 0.627. The SMILES string of the molecule is CC1CCCC(N(CCCCC(=O)O)Cc2c(F)cccc2Cl)C1C. The van der Waals surface area contributed by atoms with Crippen LogP contribution in [0.4, 0.5) is 4.39 Å². The van der Waals surface area contributed by atoms with Crippen LogP contribution < -0.4 is 0 Å². The van der Waals surface area contributed by atoms with Gasteiger partial charge in [0.1, 0.15) is 5.82 Å². The van der Waals surface area contributed by atoms with E-state index in [1.165, 1.54) is 18.9 Å². The number of carboxylic acids is 1. The second-order valence-electron chi connectivity index (χ2n) is 7.36. The third-order valence-corrected chi connectivity index (χ3v) is 6.00. The third-order valence-electron chi connectivity index (χ3n) is 5.64. The van der Waals surface area contributed by atoms with Gasteiger partial charge in [-0.1, -0.05) is 44.4 Å². The number of halogens is 2. The fraction of sp³-hybridized carbons (Fsp3) is 0.650. The molecule has 3 unspecified atom stereocenters. The maximum absolute atomic E-state index is 14.3. The molecule has 0 spiro atoms. The number of benzene rings is 1. The first-order valence-corrected chi connectivity index (χ1v) is 9.66. The number of hydrogen-bond donors (Lipinski definition) is 1. The fourth-order valence-corrected chi connectivity index (χ4v) is 4.13. The van der Waals surface area contributed by atoms with E-state index < -0.39 is 5.97 Å². The maximum Gasteiger partial charge on any atom is 0.303 e. The molecule has 0 bridgehead atoms. The van der Waals surface area contributed by atoms with Crippen molar-refractivity contribution in [2.45, 2.75) is 65.0 Å². The number of carbonyl (C=O) groups is 1. The average Bonchev–Trinajstić information content (AvgIpc) is 2.55. The van der Waals surface area contributed by atoms with Gasteiger partial charge in [-0.3, -0.25) is 9.69 Å². The van der Waals surface area contributed by atoms with Gasteiger partial charge in [-0.2, -0.15) is 0 Å². The van der Waals surface area contributed by atoms with Crippen molar-refractivity contribution in [3.63, 3.8) is 0 Å². The predicted molar refractivity (Wildman–Crippen MR) is 99.3 cm³/mol. The number of aliphatic carboxylic acids is 1. The monoisotopic (exact) mass is 369 g/mol. The molecule has 0 aliphatic heterocycles. The van der Waals surface area contributed by atoms with E-state index in [0.717, 1.165) is 19.4 Å². The van der Waals surface area contributed by atoms with Gasteiger partial charge in [0.25, 0.3) is 0 Å². The van der Waals surface area contributed by atoms with Crippen LogP contribution in [0.3, 0.4) is 0 Å². The molecule has 1 aromatic carbocycles. The van der Waals surface area contributed by atoms with Crippen molar-refractivity contribution in [3.05, 3.63) is 34.6 Å². The van der Waals surface area contributed by atoms with Crippen LogP contribution in [0.5, 0.6) is 0 Å². The third kappa shape index (κ3) is 5.68. The van der Waals surface area contributed by atoms with Crippen LogP contribution in [0.25, 0.3) is 0 Å². The Morgan fingerprint density at radius 3 is 2.76 bits per heavy atom. The summed E-state index contributed by atoms with van der Waals surface area (Å²) >= 11 is 6.24. The molecular weight excluding hydrogens is 341 g/mol. The Bertz CT molecular complexity index is 561.